The molecule has 1 aliphatic heterocycles. The van der Waals surface area contributed by atoms with Crippen LogP contribution in [0, 0.1) is 11.3 Å². The molecule has 1 aliphatic carbocycles. The van der Waals surface area contributed by atoms with Crippen molar-refractivity contribution in [3.63, 3.8) is 0 Å². The molecule has 180 valence electrons. The zero-order valence-corrected chi connectivity index (χ0v) is 20.2. The van der Waals surface area contributed by atoms with Crippen molar-refractivity contribution in [1.29, 1.82) is 0 Å². The number of hydrogen-bond donors (Lipinski definition) is 1. The number of aromatic nitrogens is 4. The zero-order chi connectivity index (χ0) is 23.6. The lowest BCUT2D eigenvalue weighted by Gasteiger charge is -2.50. The molecule has 2 aromatic heterocycles. The van der Waals surface area contributed by atoms with Gasteiger partial charge < -0.3 is 10.0 Å². The van der Waals surface area contributed by atoms with Crippen molar-refractivity contribution in [2.45, 2.75) is 77.4 Å². The molecule has 0 aromatic carbocycles. The molecule has 2 aliphatic rings. The van der Waals surface area contributed by atoms with Gasteiger partial charge >= 0.3 is 0 Å². The van der Waals surface area contributed by atoms with E-state index in [1.165, 1.54) is 49.1 Å². The fourth-order valence-electron chi connectivity index (χ4n) is 5.42. The molecule has 1 saturated carbocycles. The maximum absolute atomic E-state index is 12.9. The van der Waals surface area contributed by atoms with Crippen molar-refractivity contribution >= 4 is 5.91 Å². The van der Waals surface area contributed by atoms with Crippen LogP contribution in [-0.4, -0.2) is 53.9 Å². The van der Waals surface area contributed by atoms with Crippen molar-refractivity contribution < 1.29 is 9.90 Å². The molecule has 2 aromatic rings. The van der Waals surface area contributed by atoms with E-state index in [1.54, 1.807) is 17.9 Å². The Hall–Kier alpha value is -2.48. The van der Waals surface area contributed by atoms with Gasteiger partial charge in [0.05, 0.1) is 29.9 Å². The molecule has 1 unspecified atom stereocenters. The molecule has 0 bridgehead atoms. The van der Waals surface area contributed by atoms with E-state index in [0.29, 0.717) is 37.5 Å². The summed E-state index contributed by atoms with van der Waals surface area (Å²) in [6.07, 6.45) is 11.6. The molecule has 0 spiro atoms. The Bertz CT molecular complexity index is 1040. The summed E-state index contributed by atoms with van der Waals surface area (Å²) in [6, 6.07) is 3.29. The third-order valence-corrected chi connectivity index (χ3v) is 7.88. The lowest BCUT2D eigenvalue weighted by molar-refractivity contribution is -0.154. The molecular formula is C25H37N5O3. The van der Waals surface area contributed by atoms with Crippen LogP contribution in [0.4, 0.5) is 0 Å². The number of aryl methyl sites for hydroxylation is 1. The molecule has 4 rings (SSSR count). The first-order valence-electron chi connectivity index (χ1n) is 12.2. The molecule has 8 nitrogen and oxygen atoms in total. The van der Waals surface area contributed by atoms with Crippen molar-refractivity contribution in [3.8, 4) is 11.4 Å². The number of rotatable bonds is 6. The third kappa shape index (κ3) is 5.05. The van der Waals surface area contributed by atoms with Crippen LogP contribution in [0.25, 0.3) is 11.4 Å². The summed E-state index contributed by atoms with van der Waals surface area (Å²) >= 11 is 0. The van der Waals surface area contributed by atoms with Crippen LogP contribution < -0.4 is 5.56 Å². The lowest BCUT2D eigenvalue weighted by Crippen LogP contribution is -2.60. The Morgan fingerprint density at radius 1 is 1.24 bits per heavy atom. The Morgan fingerprint density at radius 3 is 2.64 bits per heavy atom. The Kier molecular flexibility index (Phi) is 6.75. The van der Waals surface area contributed by atoms with Gasteiger partial charge in [0.25, 0.3) is 5.56 Å². The number of aliphatic hydroxyl groups is 1. The highest BCUT2D eigenvalue weighted by Crippen LogP contribution is 2.40. The summed E-state index contributed by atoms with van der Waals surface area (Å²) in [6.45, 7) is 5.12. The molecular weight excluding hydrogens is 418 g/mol. The van der Waals surface area contributed by atoms with Crippen molar-refractivity contribution in [3.05, 3.63) is 35.0 Å². The quantitative estimate of drug-likeness (QED) is 0.723. The van der Waals surface area contributed by atoms with E-state index in [0.717, 1.165) is 12.1 Å². The lowest BCUT2D eigenvalue weighted by atomic mass is 9.69. The highest BCUT2D eigenvalue weighted by molar-refractivity contribution is 5.76. The molecule has 3 heterocycles. The van der Waals surface area contributed by atoms with Gasteiger partial charge in [-0.2, -0.15) is 5.10 Å². The minimum atomic E-state index is -1.10. The topological polar surface area (TPSA) is 93.2 Å². The minimum Gasteiger partial charge on any atom is -0.387 e. The van der Waals surface area contributed by atoms with Gasteiger partial charge in [0.1, 0.15) is 0 Å². The van der Waals surface area contributed by atoms with Crippen LogP contribution in [0.15, 0.2) is 29.5 Å². The number of carbonyl (C=O) groups is 1. The highest BCUT2D eigenvalue weighted by atomic mass is 16.3. The maximum Gasteiger partial charge on any atom is 0.254 e. The second kappa shape index (κ2) is 9.41. The Labute approximate surface area is 195 Å². The molecule has 8 heteroatoms. The largest absolute Gasteiger partial charge is 0.387 e. The van der Waals surface area contributed by atoms with Crippen LogP contribution >= 0.6 is 0 Å². The smallest absolute Gasteiger partial charge is 0.254 e. The Morgan fingerprint density at radius 2 is 2.00 bits per heavy atom. The van der Waals surface area contributed by atoms with Gasteiger partial charge in [-0.25, -0.2) is 4.98 Å². The number of amides is 1. The Balaban J connectivity index is 1.40. The van der Waals surface area contributed by atoms with E-state index in [2.05, 4.69) is 10.1 Å². The summed E-state index contributed by atoms with van der Waals surface area (Å²) in [5.41, 5.74) is -0.547. The number of piperidine rings is 1. The predicted molar refractivity (Wildman–Crippen MR) is 126 cm³/mol. The standard InChI is InChI=1S/C25H37N5O3/c1-24(2)16-29(22(31)10-9-19-7-5-4-6-8-19)14-12-25(24,33)17-30-18-26-20(15-23(30)32)21-11-13-27-28(21)3/h11,13,15,18-19,33H,4-10,12,14,16-17H2,1-3H3. The third-order valence-electron chi connectivity index (χ3n) is 7.88. The predicted octanol–water partition coefficient (Wildman–Crippen LogP) is 2.99. The molecule has 0 radical (unpaired) electrons. The summed E-state index contributed by atoms with van der Waals surface area (Å²) < 4.78 is 3.14. The van der Waals surface area contributed by atoms with Gasteiger partial charge in [0, 0.05) is 44.2 Å². The number of carbonyl (C=O) groups excluding carboxylic acids is 1. The van der Waals surface area contributed by atoms with Gasteiger partial charge in [-0.05, 0) is 24.8 Å². The first kappa shape index (κ1) is 23.7. The van der Waals surface area contributed by atoms with E-state index >= 15 is 0 Å². The van der Waals surface area contributed by atoms with E-state index in [1.807, 2.05) is 24.8 Å². The second-order valence-electron chi connectivity index (χ2n) is 10.6. The number of hydrogen-bond acceptors (Lipinski definition) is 5. The molecule has 1 atom stereocenters. The van der Waals surface area contributed by atoms with E-state index in [4.69, 9.17) is 0 Å². The van der Waals surface area contributed by atoms with Crippen molar-refractivity contribution in [1.82, 2.24) is 24.2 Å². The first-order valence-corrected chi connectivity index (χ1v) is 12.2. The van der Waals surface area contributed by atoms with Crippen molar-refractivity contribution in [2.75, 3.05) is 13.1 Å². The molecule has 1 amide bonds. The average Bonchev–Trinajstić information content (AvgIpc) is 3.22. The van der Waals surface area contributed by atoms with E-state index in [9.17, 15) is 14.7 Å². The fraction of sp³-hybridized carbons (Fsp3) is 0.680. The monoisotopic (exact) mass is 455 g/mol. The first-order chi connectivity index (χ1) is 15.7. The normalized spacial score (nSPS) is 23.6. The van der Waals surface area contributed by atoms with Crippen LogP contribution in [0.3, 0.4) is 0 Å². The average molecular weight is 456 g/mol. The van der Waals surface area contributed by atoms with Gasteiger partial charge in [0.15, 0.2) is 0 Å². The van der Waals surface area contributed by atoms with Crippen LogP contribution in [-0.2, 0) is 18.4 Å². The summed E-state index contributed by atoms with van der Waals surface area (Å²) in [5, 5.41) is 15.7. The van der Waals surface area contributed by atoms with Crippen LogP contribution in [0.5, 0.6) is 0 Å². The maximum atomic E-state index is 12.9. The number of nitrogens with zero attached hydrogens (tertiary/aromatic N) is 5. The SMILES string of the molecule is Cn1nccc1-c1cc(=O)n(CC2(O)CCN(C(=O)CCC3CCCCC3)CC2(C)C)cn1. The van der Waals surface area contributed by atoms with Gasteiger partial charge in [-0.1, -0.05) is 46.0 Å². The number of likely N-dealkylation sites (tertiary alicyclic amines) is 1. The second-order valence-corrected chi connectivity index (χ2v) is 10.6. The molecule has 2 fully saturated rings. The fourth-order valence-corrected chi connectivity index (χ4v) is 5.42. The van der Waals surface area contributed by atoms with Crippen molar-refractivity contribution in [2.24, 2.45) is 18.4 Å². The molecule has 1 N–H and O–H groups in total. The van der Waals surface area contributed by atoms with Gasteiger partial charge in [0.2, 0.25) is 5.91 Å². The highest BCUT2D eigenvalue weighted by Gasteiger charge is 2.48. The van der Waals surface area contributed by atoms with Gasteiger partial charge in [-0.3, -0.25) is 18.8 Å². The molecule has 33 heavy (non-hydrogen) atoms. The summed E-state index contributed by atoms with van der Waals surface area (Å²) in [4.78, 5) is 32.0. The minimum absolute atomic E-state index is 0.154. The molecule has 1 saturated heterocycles. The summed E-state index contributed by atoms with van der Waals surface area (Å²) in [5.74, 6) is 0.876. The van der Waals surface area contributed by atoms with E-state index < -0.39 is 11.0 Å². The van der Waals surface area contributed by atoms with Crippen LogP contribution in [0.2, 0.25) is 0 Å². The summed E-state index contributed by atoms with van der Waals surface area (Å²) in [7, 11) is 1.80. The zero-order valence-electron chi connectivity index (χ0n) is 20.2. The van der Waals surface area contributed by atoms with E-state index in [-0.39, 0.29) is 18.0 Å². The van der Waals surface area contributed by atoms with Gasteiger partial charge in [-0.15, -0.1) is 0 Å². The van der Waals surface area contributed by atoms with Crippen LogP contribution in [0.1, 0.15) is 65.2 Å².